The van der Waals surface area contributed by atoms with Crippen LogP contribution in [0.15, 0.2) is 67.1 Å². The summed E-state index contributed by atoms with van der Waals surface area (Å²) in [6.07, 6.45) is 6.83. The Bertz CT molecular complexity index is 860. The lowest BCUT2D eigenvalue weighted by Gasteiger charge is -2.30. The highest BCUT2D eigenvalue weighted by Gasteiger charge is 2.26. The molecular formula is C24H28N2. The maximum atomic E-state index is 4.77. The summed E-state index contributed by atoms with van der Waals surface area (Å²) in [5.74, 6) is 0. The number of nitrogens with zero attached hydrogens (tertiary/aromatic N) is 2. The molecule has 0 aliphatic rings. The molecule has 134 valence electrons. The van der Waals surface area contributed by atoms with Crippen LogP contribution in [0.1, 0.15) is 51.3 Å². The van der Waals surface area contributed by atoms with E-state index in [9.17, 15) is 0 Å². The Labute approximate surface area is 157 Å². The van der Waals surface area contributed by atoms with E-state index < -0.39 is 0 Å². The van der Waals surface area contributed by atoms with Crippen molar-refractivity contribution in [2.45, 2.75) is 51.9 Å². The number of benzene rings is 1. The molecule has 0 fully saturated rings. The molecule has 2 heterocycles. The minimum atomic E-state index is 0.00354. The molecule has 0 aliphatic carbocycles. The first-order valence-corrected chi connectivity index (χ1v) is 9.23. The summed E-state index contributed by atoms with van der Waals surface area (Å²) in [7, 11) is 0. The molecule has 0 saturated heterocycles. The van der Waals surface area contributed by atoms with Crippen molar-refractivity contribution < 1.29 is 0 Å². The van der Waals surface area contributed by atoms with E-state index in [1.54, 1.807) is 0 Å². The molecule has 0 bridgehead atoms. The quantitative estimate of drug-likeness (QED) is 0.583. The van der Waals surface area contributed by atoms with Gasteiger partial charge in [-0.15, -0.1) is 0 Å². The second-order valence-electron chi connectivity index (χ2n) is 8.65. The Hall–Kier alpha value is -2.48. The highest BCUT2D eigenvalue weighted by atomic mass is 14.7. The van der Waals surface area contributed by atoms with Gasteiger partial charge in [0, 0.05) is 24.2 Å². The number of hydrogen-bond acceptors (Lipinski definition) is 2. The molecule has 3 rings (SSSR count). The fraction of sp³-hybridized carbons (Fsp3) is 0.333. The third-order valence-electron chi connectivity index (χ3n) is 4.94. The highest BCUT2D eigenvalue weighted by Crippen LogP contribution is 2.34. The van der Waals surface area contributed by atoms with Crippen LogP contribution in [0.4, 0.5) is 0 Å². The molecule has 2 heteroatoms. The Morgan fingerprint density at radius 1 is 0.846 bits per heavy atom. The van der Waals surface area contributed by atoms with E-state index in [0.717, 1.165) is 17.7 Å². The molecule has 0 N–H and O–H groups in total. The van der Waals surface area contributed by atoms with Crippen molar-refractivity contribution in [1.29, 1.82) is 0 Å². The fourth-order valence-electron chi connectivity index (χ4n) is 3.43. The van der Waals surface area contributed by atoms with E-state index in [0.29, 0.717) is 0 Å². The lowest BCUT2D eigenvalue weighted by atomic mass is 9.75. The SMILES string of the molecule is CC(C)(C)c1cnc(-c2ccccc2)cc1CC(C)(C)c1cccnc1. The summed E-state index contributed by atoms with van der Waals surface area (Å²) < 4.78 is 0. The molecule has 0 saturated carbocycles. The fourth-order valence-corrected chi connectivity index (χ4v) is 3.43. The average Bonchev–Trinajstić information content (AvgIpc) is 2.62. The molecule has 3 aromatic rings. The Kier molecular flexibility index (Phi) is 4.95. The van der Waals surface area contributed by atoms with Crippen LogP contribution in [0, 0.1) is 0 Å². The zero-order chi connectivity index (χ0) is 18.8. The Balaban J connectivity index is 2.06. The molecule has 0 aliphatic heterocycles. The minimum absolute atomic E-state index is 0.00354. The van der Waals surface area contributed by atoms with E-state index in [-0.39, 0.29) is 10.8 Å². The molecule has 0 unspecified atom stereocenters. The summed E-state index contributed by atoms with van der Waals surface area (Å²) in [5.41, 5.74) is 6.20. The first-order valence-electron chi connectivity index (χ1n) is 9.23. The van der Waals surface area contributed by atoms with Crippen molar-refractivity contribution in [3.63, 3.8) is 0 Å². The zero-order valence-corrected chi connectivity index (χ0v) is 16.5. The lowest BCUT2D eigenvalue weighted by Crippen LogP contribution is -2.24. The molecule has 0 radical (unpaired) electrons. The van der Waals surface area contributed by atoms with Gasteiger partial charge in [-0.05, 0) is 46.1 Å². The number of hydrogen-bond donors (Lipinski definition) is 0. The maximum absolute atomic E-state index is 4.77. The summed E-state index contributed by atoms with van der Waals surface area (Å²) in [5, 5.41) is 0. The van der Waals surface area contributed by atoms with E-state index >= 15 is 0 Å². The van der Waals surface area contributed by atoms with Crippen LogP contribution in [0.25, 0.3) is 11.3 Å². The van der Waals surface area contributed by atoms with Crippen molar-refractivity contribution in [1.82, 2.24) is 9.97 Å². The van der Waals surface area contributed by atoms with Crippen LogP contribution in [0.2, 0.25) is 0 Å². The van der Waals surface area contributed by atoms with Gasteiger partial charge in [-0.2, -0.15) is 0 Å². The minimum Gasteiger partial charge on any atom is -0.264 e. The normalized spacial score (nSPS) is 12.2. The topological polar surface area (TPSA) is 25.8 Å². The van der Waals surface area contributed by atoms with Crippen LogP contribution in [0.3, 0.4) is 0 Å². The van der Waals surface area contributed by atoms with Crippen molar-refractivity contribution in [2.24, 2.45) is 0 Å². The first kappa shape index (κ1) is 18.3. The third-order valence-corrected chi connectivity index (χ3v) is 4.94. The monoisotopic (exact) mass is 344 g/mol. The molecule has 26 heavy (non-hydrogen) atoms. The molecule has 0 amide bonds. The van der Waals surface area contributed by atoms with Crippen LogP contribution in [0.5, 0.6) is 0 Å². The van der Waals surface area contributed by atoms with Crippen molar-refractivity contribution >= 4 is 0 Å². The van der Waals surface area contributed by atoms with Crippen LogP contribution < -0.4 is 0 Å². The number of rotatable bonds is 4. The van der Waals surface area contributed by atoms with Crippen LogP contribution >= 0.6 is 0 Å². The van der Waals surface area contributed by atoms with Crippen molar-refractivity contribution in [3.8, 4) is 11.3 Å². The molecule has 0 atom stereocenters. The second kappa shape index (κ2) is 7.03. The van der Waals surface area contributed by atoms with E-state index in [1.807, 2.05) is 24.5 Å². The van der Waals surface area contributed by atoms with Crippen molar-refractivity contribution in [2.75, 3.05) is 0 Å². The van der Waals surface area contributed by atoms with Gasteiger partial charge in [-0.1, -0.05) is 71.0 Å². The van der Waals surface area contributed by atoms with Gasteiger partial charge in [0.25, 0.3) is 0 Å². The second-order valence-corrected chi connectivity index (χ2v) is 8.65. The molecule has 1 aromatic carbocycles. The summed E-state index contributed by atoms with van der Waals surface area (Å²) in [6, 6.07) is 16.9. The average molecular weight is 345 g/mol. The van der Waals surface area contributed by atoms with Crippen molar-refractivity contribution in [3.05, 3.63) is 83.8 Å². The van der Waals surface area contributed by atoms with Gasteiger partial charge in [-0.25, -0.2) is 0 Å². The van der Waals surface area contributed by atoms with Gasteiger partial charge in [-0.3, -0.25) is 9.97 Å². The van der Waals surface area contributed by atoms with E-state index in [4.69, 9.17) is 4.98 Å². The van der Waals surface area contributed by atoms with Gasteiger partial charge in [0.1, 0.15) is 0 Å². The molecule has 2 aromatic heterocycles. The Morgan fingerprint density at radius 3 is 2.19 bits per heavy atom. The van der Waals surface area contributed by atoms with Crippen LogP contribution in [-0.2, 0) is 17.3 Å². The largest absolute Gasteiger partial charge is 0.264 e. The number of aromatic nitrogens is 2. The van der Waals surface area contributed by atoms with E-state index in [1.165, 1.54) is 16.7 Å². The van der Waals surface area contributed by atoms with Gasteiger partial charge >= 0.3 is 0 Å². The maximum Gasteiger partial charge on any atom is 0.0704 e. The van der Waals surface area contributed by atoms with Gasteiger partial charge in [0.15, 0.2) is 0 Å². The predicted octanol–water partition coefficient (Wildman–Crippen LogP) is 5.96. The Morgan fingerprint density at radius 2 is 1.58 bits per heavy atom. The van der Waals surface area contributed by atoms with Gasteiger partial charge < -0.3 is 0 Å². The lowest BCUT2D eigenvalue weighted by molar-refractivity contribution is 0.504. The molecular weight excluding hydrogens is 316 g/mol. The molecule has 2 nitrogen and oxygen atoms in total. The van der Waals surface area contributed by atoms with Gasteiger partial charge in [0.05, 0.1) is 5.69 Å². The number of pyridine rings is 2. The highest BCUT2D eigenvalue weighted by molar-refractivity contribution is 5.60. The van der Waals surface area contributed by atoms with E-state index in [2.05, 4.69) is 82.2 Å². The summed E-state index contributed by atoms with van der Waals surface area (Å²) >= 11 is 0. The standard InChI is InChI=1S/C24H28N2/c1-23(2,3)21-17-26-22(18-10-7-6-8-11-18)14-19(21)15-24(4,5)20-12-9-13-25-16-20/h6-14,16-17H,15H2,1-5H3. The first-order chi connectivity index (χ1) is 12.3. The predicted molar refractivity (Wildman–Crippen MR) is 109 cm³/mol. The smallest absolute Gasteiger partial charge is 0.0704 e. The molecule has 0 spiro atoms. The zero-order valence-electron chi connectivity index (χ0n) is 16.5. The summed E-state index contributed by atoms with van der Waals surface area (Å²) in [4.78, 5) is 9.08. The summed E-state index contributed by atoms with van der Waals surface area (Å²) in [6.45, 7) is 11.4. The van der Waals surface area contributed by atoms with Crippen LogP contribution in [-0.4, -0.2) is 9.97 Å². The van der Waals surface area contributed by atoms with Gasteiger partial charge in [0.2, 0.25) is 0 Å². The third kappa shape index (κ3) is 4.01.